The summed E-state index contributed by atoms with van der Waals surface area (Å²) in [5, 5.41) is 2.47. The fraction of sp³-hybridized carbons (Fsp3) is 0.833. The molecule has 6 heteroatoms. The van der Waals surface area contributed by atoms with Crippen LogP contribution < -0.4 is 16.6 Å². The smallest absolute Gasteiger partial charge is 0.328 e. The zero-order chi connectivity index (χ0) is 9.23. The average Bonchev–Trinajstić information content (AvgIpc) is 2.10. The van der Waals surface area contributed by atoms with Crippen LogP contribution in [0.25, 0.3) is 0 Å². The van der Waals surface area contributed by atoms with Crippen LogP contribution in [-0.4, -0.2) is 39.5 Å². The summed E-state index contributed by atoms with van der Waals surface area (Å²) in [5.41, 5.74) is 1.94. The van der Waals surface area contributed by atoms with Crippen molar-refractivity contribution in [1.29, 1.82) is 0 Å². The SMILES string of the molecule is COCCOCCNC(=O)NN. The third kappa shape index (κ3) is 7.26. The first-order valence-corrected chi connectivity index (χ1v) is 3.62. The molecule has 0 bridgehead atoms. The van der Waals surface area contributed by atoms with Crippen molar-refractivity contribution >= 4 is 6.03 Å². The highest BCUT2D eigenvalue weighted by molar-refractivity contribution is 5.72. The largest absolute Gasteiger partial charge is 0.382 e. The van der Waals surface area contributed by atoms with E-state index in [4.69, 9.17) is 15.3 Å². The monoisotopic (exact) mass is 177 g/mol. The van der Waals surface area contributed by atoms with Crippen molar-refractivity contribution in [2.24, 2.45) is 5.84 Å². The molecule has 0 atom stereocenters. The summed E-state index contributed by atoms with van der Waals surface area (Å²) in [6.45, 7) is 1.98. The Morgan fingerprint density at radius 2 is 2.17 bits per heavy atom. The van der Waals surface area contributed by atoms with Crippen molar-refractivity contribution in [2.75, 3.05) is 33.5 Å². The van der Waals surface area contributed by atoms with Gasteiger partial charge in [-0.2, -0.15) is 0 Å². The van der Waals surface area contributed by atoms with Crippen molar-refractivity contribution < 1.29 is 14.3 Å². The molecule has 0 heterocycles. The number of amides is 2. The van der Waals surface area contributed by atoms with Crippen LogP contribution in [0.3, 0.4) is 0 Å². The molecule has 0 aliphatic heterocycles. The van der Waals surface area contributed by atoms with E-state index in [1.54, 1.807) is 7.11 Å². The lowest BCUT2D eigenvalue weighted by atomic mass is 10.6. The van der Waals surface area contributed by atoms with E-state index in [9.17, 15) is 4.79 Å². The van der Waals surface area contributed by atoms with E-state index >= 15 is 0 Å². The van der Waals surface area contributed by atoms with Crippen molar-refractivity contribution in [3.8, 4) is 0 Å². The van der Waals surface area contributed by atoms with E-state index < -0.39 is 6.03 Å². The molecule has 0 rings (SSSR count). The lowest BCUT2D eigenvalue weighted by molar-refractivity contribution is 0.0726. The van der Waals surface area contributed by atoms with Crippen LogP contribution in [0, 0.1) is 0 Å². The van der Waals surface area contributed by atoms with Gasteiger partial charge in [0.25, 0.3) is 0 Å². The zero-order valence-electron chi connectivity index (χ0n) is 7.13. The second-order valence-electron chi connectivity index (χ2n) is 2.01. The second kappa shape index (κ2) is 8.25. The lowest BCUT2D eigenvalue weighted by Crippen LogP contribution is -2.41. The van der Waals surface area contributed by atoms with Gasteiger partial charge in [0.2, 0.25) is 0 Å². The van der Waals surface area contributed by atoms with Gasteiger partial charge in [0, 0.05) is 13.7 Å². The Morgan fingerprint density at radius 3 is 2.75 bits per heavy atom. The van der Waals surface area contributed by atoms with Crippen LogP contribution in [0.2, 0.25) is 0 Å². The number of carbonyl (C=O) groups excluding carboxylic acids is 1. The van der Waals surface area contributed by atoms with Gasteiger partial charge in [-0.15, -0.1) is 0 Å². The summed E-state index contributed by atoms with van der Waals surface area (Å²) >= 11 is 0. The van der Waals surface area contributed by atoms with Gasteiger partial charge in [-0.05, 0) is 0 Å². The molecule has 0 aliphatic rings. The minimum atomic E-state index is -0.412. The highest BCUT2D eigenvalue weighted by atomic mass is 16.5. The number of nitrogens with two attached hydrogens (primary N) is 1. The Balaban J connectivity index is 2.95. The Kier molecular flexibility index (Phi) is 7.66. The summed E-state index contributed by atoms with van der Waals surface area (Å²) in [5.74, 6) is 4.81. The molecule has 0 fully saturated rings. The Bertz CT molecular complexity index is 121. The first-order chi connectivity index (χ1) is 5.81. The topological polar surface area (TPSA) is 85.6 Å². The van der Waals surface area contributed by atoms with Gasteiger partial charge in [0.15, 0.2) is 0 Å². The van der Waals surface area contributed by atoms with Crippen LogP contribution >= 0.6 is 0 Å². The number of hydrogen-bond donors (Lipinski definition) is 3. The molecule has 12 heavy (non-hydrogen) atoms. The predicted octanol–water partition coefficient (Wildman–Crippen LogP) is -1.18. The molecule has 0 aromatic rings. The predicted molar refractivity (Wildman–Crippen MR) is 43.4 cm³/mol. The first kappa shape index (κ1) is 11.2. The van der Waals surface area contributed by atoms with Crippen LogP contribution in [0.5, 0.6) is 0 Å². The minimum absolute atomic E-state index is 0.412. The fourth-order valence-corrected chi connectivity index (χ4v) is 0.532. The molecule has 0 aliphatic carbocycles. The van der Waals surface area contributed by atoms with Gasteiger partial charge in [-0.1, -0.05) is 0 Å². The zero-order valence-corrected chi connectivity index (χ0v) is 7.13. The van der Waals surface area contributed by atoms with Gasteiger partial charge in [-0.25, -0.2) is 10.6 Å². The molecular formula is C6H15N3O3. The molecule has 0 saturated carbocycles. The normalized spacial score (nSPS) is 9.50. The van der Waals surface area contributed by atoms with E-state index in [2.05, 4.69) is 5.32 Å². The third-order valence-electron chi connectivity index (χ3n) is 1.09. The first-order valence-electron chi connectivity index (χ1n) is 3.62. The van der Waals surface area contributed by atoms with Gasteiger partial charge in [0.05, 0.1) is 19.8 Å². The van der Waals surface area contributed by atoms with Gasteiger partial charge in [-0.3, -0.25) is 5.43 Å². The Labute approximate surface area is 71.4 Å². The van der Waals surface area contributed by atoms with Crippen LogP contribution in [0.4, 0.5) is 4.79 Å². The van der Waals surface area contributed by atoms with Crippen molar-refractivity contribution in [3.63, 3.8) is 0 Å². The molecule has 0 saturated heterocycles. The molecular weight excluding hydrogens is 162 g/mol. The van der Waals surface area contributed by atoms with Crippen molar-refractivity contribution in [3.05, 3.63) is 0 Å². The number of rotatable bonds is 6. The summed E-state index contributed by atoms with van der Waals surface area (Å²) in [6, 6.07) is -0.412. The Morgan fingerprint density at radius 1 is 1.42 bits per heavy atom. The minimum Gasteiger partial charge on any atom is -0.382 e. The number of hydrogen-bond acceptors (Lipinski definition) is 4. The summed E-state index contributed by atoms with van der Waals surface area (Å²) in [7, 11) is 1.60. The van der Waals surface area contributed by atoms with Crippen LogP contribution in [0.15, 0.2) is 0 Å². The average molecular weight is 177 g/mol. The molecule has 0 unspecified atom stereocenters. The highest BCUT2D eigenvalue weighted by Gasteiger charge is 1.93. The maximum absolute atomic E-state index is 10.5. The number of urea groups is 1. The van der Waals surface area contributed by atoms with E-state index in [0.29, 0.717) is 26.4 Å². The van der Waals surface area contributed by atoms with Gasteiger partial charge in [0.1, 0.15) is 0 Å². The highest BCUT2D eigenvalue weighted by Crippen LogP contribution is 1.74. The van der Waals surface area contributed by atoms with Gasteiger partial charge < -0.3 is 14.8 Å². The summed E-state index contributed by atoms with van der Waals surface area (Å²) in [6.07, 6.45) is 0. The molecule has 2 amide bonds. The van der Waals surface area contributed by atoms with E-state index in [-0.39, 0.29) is 0 Å². The molecule has 6 nitrogen and oxygen atoms in total. The molecule has 4 N–H and O–H groups in total. The molecule has 0 aromatic carbocycles. The Hall–Kier alpha value is -0.850. The van der Waals surface area contributed by atoms with Crippen LogP contribution in [-0.2, 0) is 9.47 Å². The van der Waals surface area contributed by atoms with Crippen molar-refractivity contribution in [1.82, 2.24) is 10.7 Å². The second-order valence-corrected chi connectivity index (χ2v) is 2.01. The maximum Gasteiger partial charge on any atom is 0.328 e. The molecule has 0 aromatic heterocycles. The number of methoxy groups -OCH3 is 1. The summed E-state index contributed by atoms with van der Waals surface area (Å²) in [4.78, 5) is 10.5. The fourth-order valence-electron chi connectivity index (χ4n) is 0.532. The standard InChI is InChI=1S/C6H15N3O3/c1-11-4-5-12-3-2-8-6(10)9-7/h2-5,7H2,1H3,(H2,8,9,10). The molecule has 0 radical (unpaired) electrons. The quantitative estimate of drug-likeness (QED) is 0.206. The number of hydrazine groups is 1. The summed E-state index contributed by atoms with van der Waals surface area (Å²) < 4.78 is 9.81. The van der Waals surface area contributed by atoms with E-state index in [0.717, 1.165) is 0 Å². The lowest BCUT2D eigenvalue weighted by Gasteiger charge is -2.04. The van der Waals surface area contributed by atoms with Crippen LogP contribution in [0.1, 0.15) is 0 Å². The van der Waals surface area contributed by atoms with Crippen molar-refractivity contribution in [2.45, 2.75) is 0 Å². The van der Waals surface area contributed by atoms with Gasteiger partial charge >= 0.3 is 6.03 Å². The number of nitrogens with one attached hydrogen (secondary N) is 2. The molecule has 0 spiro atoms. The molecule has 72 valence electrons. The van der Waals surface area contributed by atoms with E-state index in [1.165, 1.54) is 0 Å². The number of ether oxygens (including phenoxy) is 2. The van der Waals surface area contributed by atoms with E-state index in [1.807, 2.05) is 5.43 Å². The maximum atomic E-state index is 10.5. The number of carbonyl (C=O) groups is 1. The third-order valence-corrected chi connectivity index (χ3v) is 1.09.